The number of amides is 1. The highest BCUT2D eigenvalue weighted by Crippen LogP contribution is 2.15. The Balaban J connectivity index is 1.99. The summed E-state index contributed by atoms with van der Waals surface area (Å²) in [5.41, 5.74) is 7.18. The molecule has 21 heavy (non-hydrogen) atoms. The summed E-state index contributed by atoms with van der Waals surface area (Å²) in [6.07, 6.45) is -0.473. The number of ether oxygens (including phenoxy) is 1. The van der Waals surface area contributed by atoms with Gasteiger partial charge in [-0.05, 0) is 32.9 Å². The Kier molecular flexibility index (Phi) is 4.43. The van der Waals surface area contributed by atoms with Gasteiger partial charge in [0.2, 0.25) is 0 Å². The molecule has 5 nitrogen and oxygen atoms in total. The molecule has 1 unspecified atom stereocenters. The molecular formula is C16H21N3O2. The number of aromatic nitrogens is 1. The highest BCUT2D eigenvalue weighted by atomic mass is 16.6. The van der Waals surface area contributed by atoms with Gasteiger partial charge in [0.15, 0.2) is 0 Å². The summed E-state index contributed by atoms with van der Waals surface area (Å²) in [5, 5.41) is 3.72. The number of alkyl carbamates (subject to hydrolysis) is 1. The van der Waals surface area contributed by atoms with Gasteiger partial charge in [-0.25, -0.2) is 4.79 Å². The van der Waals surface area contributed by atoms with Gasteiger partial charge in [0.05, 0.1) is 17.3 Å². The molecular weight excluding hydrogens is 266 g/mol. The number of nitrogens with zero attached hydrogens (tertiary/aromatic N) is 1. The van der Waals surface area contributed by atoms with E-state index < -0.39 is 11.7 Å². The van der Waals surface area contributed by atoms with Crippen LogP contribution in [-0.2, 0) is 4.74 Å². The lowest BCUT2D eigenvalue weighted by atomic mass is 10.1. The molecule has 1 atom stereocenters. The molecule has 2 aromatic rings. The zero-order valence-corrected chi connectivity index (χ0v) is 12.6. The average Bonchev–Trinajstić information content (AvgIpc) is 2.42. The summed E-state index contributed by atoms with van der Waals surface area (Å²) < 4.78 is 5.17. The van der Waals surface area contributed by atoms with Crippen molar-refractivity contribution in [1.29, 1.82) is 0 Å². The molecule has 0 aliphatic heterocycles. The van der Waals surface area contributed by atoms with Crippen molar-refractivity contribution in [2.45, 2.75) is 32.4 Å². The fourth-order valence-electron chi connectivity index (χ4n) is 1.90. The number of carbonyl (C=O) groups excluding carboxylic acids is 1. The Hall–Kier alpha value is -2.14. The number of carbonyl (C=O) groups is 1. The molecule has 0 spiro atoms. The molecule has 0 aliphatic rings. The van der Waals surface area contributed by atoms with Crippen molar-refractivity contribution in [2.24, 2.45) is 5.73 Å². The third kappa shape index (κ3) is 4.43. The topological polar surface area (TPSA) is 77.2 Å². The molecule has 0 fully saturated rings. The molecule has 0 saturated carbocycles. The van der Waals surface area contributed by atoms with Gasteiger partial charge >= 0.3 is 6.09 Å². The van der Waals surface area contributed by atoms with E-state index in [0.29, 0.717) is 0 Å². The number of hydrogen-bond donors (Lipinski definition) is 2. The predicted molar refractivity (Wildman–Crippen MR) is 82.9 cm³/mol. The van der Waals surface area contributed by atoms with Gasteiger partial charge in [0.25, 0.3) is 0 Å². The van der Waals surface area contributed by atoms with Crippen molar-refractivity contribution >= 4 is 17.0 Å². The van der Waals surface area contributed by atoms with Crippen LogP contribution in [0.15, 0.2) is 36.4 Å². The SMILES string of the molecule is CC(C)(C)OC(=O)NCC(N)c1ccc2ccccc2n1. The predicted octanol–water partition coefficient (Wildman–Crippen LogP) is 2.76. The maximum absolute atomic E-state index is 11.6. The molecule has 1 aromatic heterocycles. The van der Waals surface area contributed by atoms with Crippen molar-refractivity contribution < 1.29 is 9.53 Å². The quantitative estimate of drug-likeness (QED) is 0.910. The minimum atomic E-state index is -0.518. The van der Waals surface area contributed by atoms with Crippen LogP contribution in [0.25, 0.3) is 10.9 Å². The molecule has 5 heteroatoms. The third-order valence-electron chi connectivity index (χ3n) is 2.87. The first-order valence-corrected chi connectivity index (χ1v) is 6.93. The Morgan fingerprint density at radius 3 is 2.71 bits per heavy atom. The number of nitrogens with two attached hydrogens (primary N) is 1. The van der Waals surface area contributed by atoms with E-state index in [9.17, 15) is 4.79 Å². The standard InChI is InChI=1S/C16H21N3O2/c1-16(2,3)21-15(20)18-10-12(17)14-9-8-11-6-4-5-7-13(11)19-14/h4-9,12H,10,17H2,1-3H3,(H,18,20). The number of rotatable bonds is 3. The largest absolute Gasteiger partial charge is 0.444 e. The highest BCUT2D eigenvalue weighted by molar-refractivity contribution is 5.78. The lowest BCUT2D eigenvalue weighted by Crippen LogP contribution is -2.36. The first-order chi connectivity index (χ1) is 9.85. The van der Waals surface area contributed by atoms with Gasteiger partial charge in [-0.1, -0.05) is 24.3 Å². The van der Waals surface area contributed by atoms with Crippen molar-refractivity contribution in [3.05, 3.63) is 42.1 Å². The van der Waals surface area contributed by atoms with Gasteiger partial charge in [-0.15, -0.1) is 0 Å². The minimum absolute atomic E-state index is 0.278. The van der Waals surface area contributed by atoms with Gasteiger partial charge in [-0.3, -0.25) is 4.98 Å². The molecule has 0 bridgehead atoms. The minimum Gasteiger partial charge on any atom is -0.444 e. The summed E-state index contributed by atoms with van der Waals surface area (Å²) in [6, 6.07) is 11.3. The van der Waals surface area contributed by atoms with Crippen LogP contribution in [0.1, 0.15) is 32.5 Å². The van der Waals surface area contributed by atoms with E-state index in [4.69, 9.17) is 10.5 Å². The molecule has 112 valence electrons. The molecule has 0 aliphatic carbocycles. The van der Waals surface area contributed by atoms with Gasteiger partial charge in [0, 0.05) is 11.9 Å². The summed E-state index contributed by atoms with van der Waals surface area (Å²) in [5.74, 6) is 0. The Morgan fingerprint density at radius 1 is 1.29 bits per heavy atom. The number of fused-ring (bicyclic) bond motifs is 1. The normalized spacial score (nSPS) is 13.0. The van der Waals surface area contributed by atoms with Crippen LogP contribution in [0.2, 0.25) is 0 Å². The Morgan fingerprint density at radius 2 is 2.00 bits per heavy atom. The summed E-state index contributed by atoms with van der Waals surface area (Å²) in [6.45, 7) is 5.73. The average molecular weight is 287 g/mol. The van der Waals surface area contributed by atoms with Crippen LogP contribution in [0.3, 0.4) is 0 Å². The molecule has 1 aromatic carbocycles. The smallest absolute Gasteiger partial charge is 0.407 e. The second kappa shape index (κ2) is 6.10. The van der Waals surface area contributed by atoms with Gasteiger partial charge < -0.3 is 15.8 Å². The van der Waals surface area contributed by atoms with Crippen molar-refractivity contribution in [3.63, 3.8) is 0 Å². The number of para-hydroxylation sites is 1. The van der Waals surface area contributed by atoms with Crippen LogP contribution in [0.4, 0.5) is 4.79 Å². The first kappa shape index (κ1) is 15.3. The van der Waals surface area contributed by atoms with E-state index in [0.717, 1.165) is 16.6 Å². The second-order valence-corrected chi connectivity index (χ2v) is 5.92. The van der Waals surface area contributed by atoms with Crippen molar-refractivity contribution in [1.82, 2.24) is 10.3 Å². The number of benzene rings is 1. The van der Waals surface area contributed by atoms with E-state index >= 15 is 0 Å². The van der Waals surface area contributed by atoms with E-state index in [2.05, 4.69) is 10.3 Å². The Bertz CT molecular complexity index is 635. The molecule has 0 saturated heterocycles. The first-order valence-electron chi connectivity index (χ1n) is 6.93. The van der Waals surface area contributed by atoms with E-state index in [1.165, 1.54) is 0 Å². The number of hydrogen-bond acceptors (Lipinski definition) is 4. The lowest BCUT2D eigenvalue weighted by Gasteiger charge is -2.20. The van der Waals surface area contributed by atoms with Gasteiger partial charge in [-0.2, -0.15) is 0 Å². The monoisotopic (exact) mass is 287 g/mol. The fraction of sp³-hybridized carbons (Fsp3) is 0.375. The summed E-state index contributed by atoms with van der Waals surface area (Å²) >= 11 is 0. The molecule has 1 amide bonds. The van der Waals surface area contributed by atoms with E-state index in [-0.39, 0.29) is 12.6 Å². The zero-order valence-electron chi connectivity index (χ0n) is 12.6. The number of nitrogens with one attached hydrogen (secondary N) is 1. The van der Waals surface area contributed by atoms with Crippen LogP contribution in [-0.4, -0.2) is 23.2 Å². The molecule has 0 radical (unpaired) electrons. The Labute approximate surface area is 124 Å². The van der Waals surface area contributed by atoms with Crippen LogP contribution in [0.5, 0.6) is 0 Å². The lowest BCUT2D eigenvalue weighted by molar-refractivity contribution is 0.0524. The molecule has 1 heterocycles. The van der Waals surface area contributed by atoms with Crippen molar-refractivity contribution in [3.8, 4) is 0 Å². The molecule has 2 rings (SSSR count). The van der Waals surface area contributed by atoms with E-state index in [1.807, 2.05) is 57.2 Å². The second-order valence-electron chi connectivity index (χ2n) is 5.92. The van der Waals surface area contributed by atoms with Gasteiger partial charge in [0.1, 0.15) is 5.60 Å². The van der Waals surface area contributed by atoms with Crippen LogP contribution in [0, 0.1) is 0 Å². The van der Waals surface area contributed by atoms with Crippen LogP contribution >= 0.6 is 0 Å². The zero-order chi connectivity index (χ0) is 15.5. The third-order valence-corrected chi connectivity index (χ3v) is 2.87. The number of pyridine rings is 1. The summed E-state index contributed by atoms with van der Waals surface area (Å²) in [4.78, 5) is 16.1. The maximum atomic E-state index is 11.6. The van der Waals surface area contributed by atoms with Crippen molar-refractivity contribution in [2.75, 3.05) is 6.54 Å². The maximum Gasteiger partial charge on any atom is 0.407 e. The van der Waals surface area contributed by atoms with Crippen LogP contribution < -0.4 is 11.1 Å². The summed E-state index contributed by atoms with van der Waals surface area (Å²) in [7, 11) is 0. The highest BCUT2D eigenvalue weighted by Gasteiger charge is 2.17. The molecule has 3 N–H and O–H groups in total. The fourth-order valence-corrected chi connectivity index (χ4v) is 1.90. The van der Waals surface area contributed by atoms with E-state index in [1.54, 1.807) is 0 Å².